The van der Waals surface area contributed by atoms with Crippen LogP contribution >= 0.6 is 0 Å². The Bertz CT molecular complexity index is 782. The first-order chi connectivity index (χ1) is 12.5. The lowest BCUT2D eigenvalue weighted by molar-refractivity contribution is -0.250. The summed E-state index contributed by atoms with van der Waals surface area (Å²) in [4.78, 5) is 14.6. The van der Waals surface area contributed by atoms with Crippen molar-refractivity contribution in [3.63, 3.8) is 0 Å². The van der Waals surface area contributed by atoms with Crippen molar-refractivity contribution in [1.29, 1.82) is 0 Å². The predicted octanol–water partition coefficient (Wildman–Crippen LogP) is 3.89. The van der Waals surface area contributed by atoms with E-state index in [0.29, 0.717) is 5.01 Å². The van der Waals surface area contributed by atoms with Gasteiger partial charge in [0, 0.05) is 37.2 Å². The molecule has 0 aromatic heterocycles. The number of alkyl halides is 5. The minimum absolute atomic E-state index is 0.00593. The van der Waals surface area contributed by atoms with Crippen LogP contribution in [0, 0.1) is 5.41 Å². The fraction of sp³-hybridized carbons (Fsp3) is 0.556. The number of amides is 1. The van der Waals surface area contributed by atoms with Gasteiger partial charge in [-0.05, 0) is 24.3 Å². The monoisotopic (exact) mass is 407 g/mol. The smallest absolute Gasteiger partial charge is 0.378 e. The van der Waals surface area contributed by atoms with Crippen molar-refractivity contribution in [2.24, 2.45) is 10.5 Å². The van der Waals surface area contributed by atoms with Crippen LogP contribution in [-0.4, -0.2) is 53.7 Å². The average Bonchev–Trinajstić information content (AvgIpc) is 2.92. The summed E-state index contributed by atoms with van der Waals surface area (Å²) in [6.07, 6.45) is -7.01. The van der Waals surface area contributed by atoms with Gasteiger partial charge >= 0.3 is 12.1 Å². The number of hydrogen-bond donors (Lipinski definition) is 1. The Morgan fingerprint density at radius 1 is 1.11 bits per heavy atom. The Labute approximate surface area is 159 Å². The number of halogens is 5. The minimum Gasteiger partial charge on any atom is -0.378 e. The standard InChI is InChI=1S/C18H22F5N3O2/c1-15(2,3)16(28)10-13(17(19,20)18(21,22)23)24-26(16)14(27)11-6-8-12(9-7-11)25(4)5/h6-9,28H,10H2,1-5H3/t16-/m0/s1. The molecule has 1 aromatic rings. The number of aliphatic hydroxyl groups is 1. The highest BCUT2D eigenvalue weighted by Gasteiger charge is 2.66. The predicted molar refractivity (Wildman–Crippen MR) is 94.4 cm³/mol. The fourth-order valence-electron chi connectivity index (χ4n) is 2.71. The molecule has 0 spiro atoms. The third kappa shape index (κ3) is 3.57. The topological polar surface area (TPSA) is 56.1 Å². The van der Waals surface area contributed by atoms with Gasteiger partial charge in [0.25, 0.3) is 5.91 Å². The van der Waals surface area contributed by atoms with Gasteiger partial charge in [0.2, 0.25) is 0 Å². The zero-order chi connectivity index (χ0) is 21.7. The second-order valence-corrected chi connectivity index (χ2v) is 7.92. The number of benzene rings is 1. The maximum Gasteiger partial charge on any atom is 0.459 e. The molecule has 0 unspecified atom stereocenters. The molecule has 2 rings (SSSR count). The van der Waals surface area contributed by atoms with E-state index >= 15 is 0 Å². The van der Waals surface area contributed by atoms with E-state index in [1.54, 1.807) is 31.1 Å². The van der Waals surface area contributed by atoms with E-state index in [-0.39, 0.29) is 5.56 Å². The highest BCUT2D eigenvalue weighted by molar-refractivity contribution is 6.00. The van der Waals surface area contributed by atoms with Crippen molar-refractivity contribution < 1.29 is 31.9 Å². The fourth-order valence-corrected chi connectivity index (χ4v) is 2.71. The Morgan fingerprint density at radius 2 is 1.61 bits per heavy atom. The summed E-state index contributed by atoms with van der Waals surface area (Å²) in [7, 11) is 3.54. The first-order valence-electron chi connectivity index (χ1n) is 8.39. The zero-order valence-corrected chi connectivity index (χ0v) is 16.1. The lowest BCUT2D eigenvalue weighted by Gasteiger charge is -2.41. The molecule has 1 heterocycles. The molecule has 156 valence electrons. The second kappa shape index (κ2) is 6.68. The highest BCUT2D eigenvalue weighted by Crippen LogP contribution is 2.47. The summed E-state index contributed by atoms with van der Waals surface area (Å²) >= 11 is 0. The average molecular weight is 407 g/mol. The molecule has 1 aliphatic heterocycles. The molecule has 1 atom stereocenters. The Hall–Kier alpha value is -2.23. The first-order valence-corrected chi connectivity index (χ1v) is 8.39. The Morgan fingerprint density at radius 3 is 2.00 bits per heavy atom. The van der Waals surface area contributed by atoms with Gasteiger partial charge in [-0.15, -0.1) is 0 Å². The summed E-state index contributed by atoms with van der Waals surface area (Å²) in [6.45, 7) is 4.27. The molecular weight excluding hydrogens is 385 g/mol. The third-order valence-electron chi connectivity index (χ3n) is 4.73. The van der Waals surface area contributed by atoms with Crippen LogP contribution in [0.15, 0.2) is 29.4 Å². The molecule has 10 heteroatoms. The summed E-state index contributed by atoms with van der Waals surface area (Å²) in [6, 6.07) is 5.93. The molecule has 28 heavy (non-hydrogen) atoms. The van der Waals surface area contributed by atoms with Crippen molar-refractivity contribution >= 4 is 17.3 Å². The van der Waals surface area contributed by atoms with Gasteiger partial charge < -0.3 is 10.0 Å². The Balaban J connectivity index is 2.51. The van der Waals surface area contributed by atoms with Gasteiger partial charge in [-0.2, -0.15) is 32.1 Å². The van der Waals surface area contributed by atoms with Crippen LogP contribution in [0.1, 0.15) is 37.6 Å². The second-order valence-electron chi connectivity index (χ2n) is 7.92. The van der Waals surface area contributed by atoms with Crippen LogP contribution < -0.4 is 4.90 Å². The molecule has 0 fully saturated rings. The van der Waals surface area contributed by atoms with Gasteiger partial charge in [-0.1, -0.05) is 20.8 Å². The van der Waals surface area contributed by atoms with Gasteiger partial charge in [0.05, 0.1) is 0 Å². The molecule has 0 radical (unpaired) electrons. The third-order valence-corrected chi connectivity index (χ3v) is 4.73. The Kier molecular flexibility index (Phi) is 5.26. The van der Waals surface area contributed by atoms with Crippen molar-refractivity contribution in [3.05, 3.63) is 29.8 Å². The van der Waals surface area contributed by atoms with Gasteiger partial charge in [0.1, 0.15) is 5.71 Å². The van der Waals surface area contributed by atoms with Crippen LogP contribution in [0.2, 0.25) is 0 Å². The number of hydrogen-bond acceptors (Lipinski definition) is 4. The van der Waals surface area contributed by atoms with Crippen LogP contribution in [0.5, 0.6) is 0 Å². The van der Waals surface area contributed by atoms with Crippen molar-refractivity contribution in [3.8, 4) is 0 Å². The molecule has 0 bridgehead atoms. The van der Waals surface area contributed by atoms with Gasteiger partial charge in [-0.25, -0.2) is 0 Å². The number of carbonyl (C=O) groups excluding carboxylic acids is 1. The highest BCUT2D eigenvalue weighted by atomic mass is 19.4. The maximum atomic E-state index is 13.8. The summed E-state index contributed by atoms with van der Waals surface area (Å²) in [5.41, 5.74) is -4.46. The summed E-state index contributed by atoms with van der Waals surface area (Å²) in [5.74, 6) is -6.24. The van der Waals surface area contributed by atoms with Crippen molar-refractivity contribution in [2.45, 2.75) is 45.0 Å². The number of nitrogens with zero attached hydrogens (tertiary/aromatic N) is 3. The molecule has 0 saturated carbocycles. The molecule has 1 aliphatic rings. The van der Waals surface area contributed by atoms with E-state index in [4.69, 9.17) is 0 Å². The molecular formula is C18H22F5N3O2. The molecule has 1 aromatic carbocycles. The first kappa shape index (κ1) is 22.1. The quantitative estimate of drug-likeness (QED) is 0.774. The minimum atomic E-state index is -5.89. The SMILES string of the molecule is CN(C)c1ccc(C(=O)N2N=C(C(F)(F)C(F)(F)F)C[C@]2(O)C(C)(C)C)cc1. The van der Waals surface area contributed by atoms with E-state index < -0.39 is 41.3 Å². The molecule has 1 amide bonds. The zero-order valence-electron chi connectivity index (χ0n) is 16.1. The van der Waals surface area contributed by atoms with Crippen molar-refractivity contribution in [1.82, 2.24) is 5.01 Å². The van der Waals surface area contributed by atoms with Gasteiger partial charge in [-0.3, -0.25) is 4.79 Å². The number of hydrazone groups is 1. The summed E-state index contributed by atoms with van der Waals surface area (Å²) in [5, 5.41) is 14.5. The lowest BCUT2D eigenvalue weighted by atomic mass is 9.79. The largest absolute Gasteiger partial charge is 0.459 e. The van der Waals surface area contributed by atoms with E-state index in [1.807, 2.05) is 0 Å². The lowest BCUT2D eigenvalue weighted by Crippen LogP contribution is -2.55. The maximum absolute atomic E-state index is 13.8. The van der Waals surface area contributed by atoms with Crippen molar-refractivity contribution in [2.75, 3.05) is 19.0 Å². The van der Waals surface area contributed by atoms with Crippen LogP contribution in [0.25, 0.3) is 0 Å². The normalized spacial score (nSPS) is 21.0. The van der Waals surface area contributed by atoms with Crippen LogP contribution in [0.3, 0.4) is 0 Å². The summed E-state index contributed by atoms with van der Waals surface area (Å²) < 4.78 is 66.0. The molecule has 1 N–H and O–H groups in total. The number of carbonyl (C=O) groups is 1. The van der Waals surface area contributed by atoms with E-state index in [9.17, 15) is 31.9 Å². The van der Waals surface area contributed by atoms with Crippen LogP contribution in [0.4, 0.5) is 27.6 Å². The molecule has 5 nitrogen and oxygen atoms in total. The number of anilines is 1. The van der Waals surface area contributed by atoms with Crippen LogP contribution in [-0.2, 0) is 0 Å². The van der Waals surface area contributed by atoms with Gasteiger partial charge in [0.15, 0.2) is 5.72 Å². The molecule has 0 aliphatic carbocycles. The molecule has 0 saturated heterocycles. The van der Waals surface area contributed by atoms with E-state index in [1.165, 1.54) is 32.9 Å². The van der Waals surface area contributed by atoms with E-state index in [0.717, 1.165) is 5.69 Å². The number of rotatable bonds is 3. The van der Waals surface area contributed by atoms with E-state index in [2.05, 4.69) is 5.10 Å².